The molecule has 1 saturated carbocycles. The highest BCUT2D eigenvalue weighted by atomic mass is 16.5. The second-order valence-corrected chi connectivity index (χ2v) is 6.08. The maximum absolute atomic E-state index is 12.4. The number of rotatable bonds is 5. The van der Waals surface area contributed by atoms with Crippen molar-refractivity contribution in [3.63, 3.8) is 0 Å². The number of amides is 3. The fraction of sp³-hybridized carbons (Fsp3) is 0.529. The van der Waals surface area contributed by atoms with E-state index >= 15 is 0 Å². The predicted octanol–water partition coefficient (Wildman–Crippen LogP) is 2.14. The molecule has 0 radical (unpaired) electrons. The molecular weight excluding hydrogens is 294 g/mol. The molecule has 1 fully saturated rings. The fourth-order valence-corrected chi connectivity index (χ4v) is 2.90. The van der Waals surface area contributed by atoms with E-state index in [2.05, 4.69) is 10.6 Å². The number of benzene rings is 1. The number of fused-ring (bicyclic) bond motifs is 1. The van der Waals surface area contributed by atoms with Crippen LogP contribution < -0.4 is 15.5 Å². The zero-order valence-electron chi connectivity index (χ0n) is 13.4. The fourth-order valence-electron chi connectivity index (χ4n) is 2.90. The first-order valence-corrected chi connectivity index (χ1v) is 8.17. The van der Waals surface area contributed by atoms with Gasteiger partial charge in [0.2, 0.25) is 5.91 Å². The third kappa shape index (κ3) is 3.82. The first-order valence-electron chi connectivity index (χ1n) is 8.17. The van der Waals surface area contributed by atoms with E-state index in [-0.39, 0.29) is 17.9 Å². The summed E-state index contributed by atoms with van der Waals surface area (Å²) in [4.78, 5) is 26.1. The standard InChI is InChI=1S/C17H23N3O3/c1-23-10-8-18-17(22)19-14-6-7-15-13(11-14)3-2-9-20(15)16(21)12-4-5-12/h6-7,11-12H,2-5,8-10H2,1H3,(H2,18,19,22). The number of aryl methyl sites for hydroxylation is 1. The van der Waals surface area contributed by atoms with Crippen LogP contribution in [0.15, 0.2) is 18.2 Å². The molecule has 6 nitrogen and oxygen atoms in total. The van der Waals surface area contributed by atoms with Crippen LogP contribution in [-0.2, 0) is 16.0 Å². The maximum Gasteiger partial charge on any atom is 0.319 e. The van der Waals surface area contributed by atoms with Crippen molar-refractivity contribution in [2.45, 2.75) is 25.7 Å². The number of carbonyl (C=O) groups excluding carboxylic acids is 2. The van der Waals surface area contributed by atoms with Crippen LogP contribution in [0, 0.1) is 5.92 Å². The van der Waals surface area contributed by atoms with Gasteiger partial charge in [-0.15, -0.1) is 0 Å². The Morgan fingerprint density at radius 3 is 2.91 bits per heavy atom. The number of ether oxygens (including phenoxy) is 1. The normalized spacial score (nSPS) is 16.7. The van der Waals surface area contributed by atoms with Crippen molar-refractivity contribution in [1.82, 2.24) is 5.32 Å². The molecule has 1 aliphatic carbocycles. The summed E-state index contributed by atoms with van der Waals surface area (Å²) >= 11 is 0. The maximum atomic E-state index is 12.4. The van der Waals surface area contributed by atoms with Crippen LogP contribution >= 0.6 is 0 Å². The van der Waals surface area contributed by atoms with Gasteiger partial charge in [0.1, 0.15) is 0 Å². The molecule has 0 unspecified atom stereocenters. The Labute approximate surface area is 136 Å². The van der Waals surface area contributed by atoms with E-state index in [9.17, 15) is 9.59 Å². The molecule has 2 aliphatic rings. The second kappa shape index (κ2) is 7.00. The zero-order chi connectivity index (χ0) is 16.2. The van der Waals surface area contributed by atoms with Crippen LogP contribution in [-0.4, -0.2) is 38.7 Å². The Morgan fingerprint density at radius 2 is 2.17 bits per heavy atom. The van der Waals surface area contributed by atoms with Crippen molar-refractivity contribution in [1.29, 1.82) is 0 Å². The minimum absolute atomic E-state index is 0.227. The van der Waals surface area contributed by atoms with Gasteiger partial charge in [-0.05, 0) is 49.4 Å². The molecule has 1 aromatic rings. The molecule has 2 N–H and O–H groups in total. The molecule has 3 rings (SSSR count). The lowest BCUT2D eigenvalue weighted by molar-refractivity contribution is -0.119. The topological polar surface area (TPSA) is 70.7 Å². The number of anilines is 2. The summed E-state index contributed by atoms with van der Waals surface area (Å²) in [5.41, 5.74) is 2.87. The monoisotopic (exact) mass is 317 g/mol. The third-order valence-corrected chi connectivity index (χ3v) is 4.24. The number of nitrogens with one attached hydrogen (secondary N) is 2. The van der Waals surface area contributed by atoms with Crippen LogP contribution in [0.1, 0.15) is 24.8 Å². The first-order chi connectivity index (χ1) is 11.2. The summed E-state index contributed by atoms with van der Waals surface area (Å²) < 4.78 is 4.90. The summed E-state index contributed by atoms with van der Waals surface area (Å²) in [5.74, 6) is 0.481. The third-order valence-electron chi connectivity index (χ3n) is 4.24. The minimum Gasteiger partial charge on any atom is -0.383 e. The number of nitrogens with zero attached hydrogens (tertiary/aromatic N) is 1. The lowest BCUT2D eigenvalue weighted by Gasteiger charge is -2.30. The number of urea groups is 1. The molecule has 0 bridgehead atoms. The Kier molecular flexibility index (Phi) is 4.81. The molecule has 1 aliphatic heterocycles. The highest BCUT2D eigenvalue weighted by Crippen LogP contribution is 2.36. The van der Waals surface area contributed by atoms with E-state index < -0.39 is 0 Å². The summed E-state index contributed by atoms with van der Waals surface area (Å²) in [6.07, 6.45) is 3.94. The van der Waals surface area contributed by atoms with Gasteiger partial charge in [0, 0.05) is 37.5 Å². The average molecular weight is 317 g/mol. The summed E-state index contributed by atoms with van der Waals surface area (Å²) in [6, 6.07) is 5.52. The minimum atomic E-state index is -0.247. The number of hydrogen-bond acceptors (Lipinski definition) is 3. The first kappa shape index (κ1) is 15.8. The Bertz CT molecular complexity index is 599. The molecule has 0 spiro atoms. The van der Waals surface area contributed by atoms with Gasteiger partial charge in [0.25, 0.3) is 0 Å². The summed E-state index contributed by atoms with van der Waals surface area (Å²) in [7, 11) is 1.59. The molecule has 0 atom stereocenters. The van der Waals surface area contributed by atoms with Crippen molar-refractivity contribution in [2.24, 2.45) is 5.92 Å². The van der Waals surface area contributed by atoms with E-state index in [1.807, 2.05) is 23.1 Å². The Balaban J connectivity index is 1.66. The van der Waals surface area contributed by atoms with Crippen LogP contribution in [0.2, 0.25) is 0 Å². The summed E-state index contributed by atoms with van der Waals surface area (Å²) in [5, 5.41) is 5.54. The summed E-state index contributed by atoms with van der Waals surface area (Å²) in [6.45, 7) is 1.75. The van der Waals surface area contributed by atoms with Gasteiger partial charge >= 0.3 is 6.03 Å². The number of hydrogen-bond donors (Lipinski definition) is 2. The quantitative estimate of drug-likeness (QED) is 0.818. The van der Waals surface area contributed by atoms with E-state index in [1.54, 1.807) is 7.11 Å². The molecular formula is C17H23N3O3. The van der Waals surface area contributed by atoms with Crippen molar-refractivity contribution in [3.05, 3.63) is 23.8 Å². The lowest BCUT2D eigenvalue weighted by Crippen LogP contribution is -2.36. The molecule has 0 saturated heterocycles. The van der Waals surface area contributed by atoms with Crippen LogP contribution in [0.3, 0.4) is 0 Å². The zero-order valence-corrected chi connectivity index (χ0v) is 13.4. The van der Waals surface area contributed by atoms with E-state index in [0.29, 0.717) is 13.2 Å². The molecule has 1 aromatic carbocycles. The van der Waals surface area contributed by atoms with Crippen LogP contribution in [0.5, 0.6) is 0 Å². The van der Waals surface area contributed by atoms with Crippen molar-refractivity contribution >= 4 is 23.3 Å². The molecule has 23 heavy (non-hydrogen) atoms. The van der Waals surface area contributed by atoms with Gasteiger partial charge in [-0.3, -0.25) is 4.79 Å². The van der Waals surface area contributed by atoms with Gasteiger partial charge in [0.05, 0.1) is 6.61 Å². The van der Waals surface area contributed by atoms with Gasteiger partial charge in [0.15, 0.2) is 0 Å². The predicted molar refractivity (Wildman–Crippen MR) is 88.7 cm³/mol. The molecule has 6 heteroatoms. The molecule has 124 valence electrons. The van der Waals surface area contributed by atoms with Gasteiger partial charge in [-0.1, -0.05) is 0 Å². The SMILES string of the molecule is COCCNC(=O)Nc1ccc2c(c1)CCCN2C(=O)C1CC1. The van der Waals surface area contributed by atoms with Gasteiger partial charge < -0.3 is 20.3 Å². The molecule has 1 heterocycles. The Morgan fingerprint density at radius 1 is 1.35 bits per heavy atom. The Hall–Kier alpha value is -2.08. The number of carbonyl (C=O) groups is 2. The van der Waals surface area contributed by atoms with E-state index in [1.165, 1.54) is 0 Å². The largest absolute Gasteiger partial charge is 0.383 e. The highest BCUT2D eigenvalue weighted by molar-refractivity contribution is 5.98. The average Bonchev–Trinajstić information content (AvgIpc) is 3.38. The lowest BCUT2D eigenvalue weighted by atomic mass is 10.0. The van der Waals surface area contributed by atoms with Gasteiger partial charge in [-0.2, -0.15) is 0 Å². The molecule has 3 amide bonds. The van der Waals surface area contributed by atoms with Crippen molar-refractivity contribution in [3.8, 4) is 0 Å². The van der Waals surface area contributed by atoms with Crippen molar-refractivity contribution in [2.75, 3.05) is 37.0 Å². The van der Waals surface area contributed by atoms with E-state index in [0.717, 1.165) is 49.2 Å². The number of methoxy groups -OCH3 is 1. The smallest absolute Gasteiger partial charge is 0.319 e. The van der Waals surface area contributed by atoms with Crippen LogP contribution in [0.4, 0.5) is 16.2 Å². The highest BCUT2D eigenvalue weighted by Gasteiger charge is 2.35. The van der Waals surface area contributed by atoms with Crippen molar-refractivity contribution < 1.29 is 14.3 Å². The molecule has 0 aromatic heterocycles. The van der Waals surface area contributed by atoms with E-state index in [4.69, 9.17) is 4.74 Å². The van der Waals surface area contributed by atoms with Gasteiger partial charge in [-0.25, -0.2) is 4.79 Å². The second-order valence-electron chi connectivity index (χ2n) is 6.08. The van der Waals surface area contributed by atoms with Crippen LogP contribution in [0.25, 0.3) is 0 Å².